The summed E-state index contributed by atoms with van der Waals surface area (Å²) in [6.07, 6.45) is 6.96. The van der Waals surface area contributed by atoms with Gasteiger partial charge < -0.3 is 10.5 Å². The summed E-state index contributed by atoms with van der Waals surface area (Å²) in [5.41, 5.74) is 8.18. The Morgan fingerprint density at radius 1 is 1.16 bits per heavy atom. The van der Waals surface area contributed by atoms with Gasteiger partial charge in [-0.05, 0) is 42.9 Å². The summed E-state index contributed by atoms with van der Waals surface area (Å²) >= 11 is 1.62. The molecule has 168 valence electrons. The Bertz CT molecular complexity index is 1250. The minimum Gasteiger partial charge on any atom is -0.456 e. The molecule has 0 amide bonds. The van der Waals surface area contributed by atoms with Gasteiger partial charge in [0.05, 0.1) is 5.39 Å². The Hall–Kier alpha value is -2.82. The minimum absolute atomic E-state index is 0.177. The fourth-order valence-electron chi connectivity index (χ4n) is 3.61. The average molecular weight is 473 g/mol. The van der Waals surface area contributed by atoms with Crippen molar-refractivity contribution in [3.8, 4) is 0 Å². The number of aryl methyl sites for hydroxylation is 2. The van der Waals surface area contributed by atoms with Gasteiger partial charge in [0.15, 0.2) is 12.4 Å². The molecule has 0 fully saturated rings. The van der Waals surface area contributed by atoms with E-state index in [0.29, 0.717) is 11.6 Å². The summed E-state index contributed by atoms with van der Waals surface area (Å²) in [6, 6.07) is 8.98. The van der Waals surface area contributed by atoms with E-state index in [-0.39, 0.29) is 6.61 Å². The number of sulfonamides is 1. The molecule has 0 radical (unpaired) electrons. The van der Waals surface area contributed by atoms with Crippen molar-refractivity contribution in [2.24, 2.45) is 0 Å². The van der Waals surface area contributed by atoms with Crippen molar-refractivity contribution in [2.45, 2.75) is 38.7 Å². The molecule has 2 heterocycles. The zero-order valence-electron chi connectivity index (χ0n) is 17.4. The third kappa shape index (κ3) is 5.50. The summed E-state index contributed by atoms with van der Waals surface area (Å²) < 4.78 is 31.4. The largest absolute Gasteiger partial charge is 0.456 e. The van der Waals surface area contributed by atoms with E-state index in [4.69, 9.17) is 10.5 Å². The van der Waals surface area contributed by atoms with Gasteiger partial charge in [-0.15, -0.1) is 11.3 Å². The van der Waals surface area contributed by atoms with Crippen molar-refractivity contribution >= 4 is 49.4 Å². The van der Waals surface area contributed by atoms with Crippen molar-refractivity contribution in [1.82, 2.24) is 14.7 Å². The predicted octanol–water partition coefficient (Wildman–Crippen LogP) is 3.18. The van der Waals surface area contributed by atoms with Crippen LogP contribution in [0.25, 0.3) is 16.3 Å². The molecule has 8 nitrogen and oxygen atoms in total. The van der Waals surface area contributed by atoms with Crippen molar-refractivity contribution in [3.63, 3.8) is 0 Å². The first-order valence-electron chi connectivity index (χ1n) is 10.4. The number of carbonyl (C=O) groups excluding carboxylic acids is 1. The molecule has 4 rings (SSSR count). The molecule has 1 aliphatic carbocycles. The fraction of sp³-hybridized carbons (Fsp3) is 0.318. The maximum Gasteiger partial charge on any atom is 0.321 e. The third-order valence-electron chi connectivity index (χ3n) is 5.16. The molecule has 1 aliphatic rings. The molecule has 2 aromatic heterocycles. The van der Waals surface area contributed by atoms with Crippen LogP contribution >= 0.6 is 11.3 Å². The number of rotatable bonds is 7. The van der Waals surface area contributed by atoms with E-state index >= 15 is 0 Å². The first-order chi connectivity index (χ1) is 15.4. The summed E-state index contributed by atoms with van der Waals surface area (Å²) in [5.74, 6) is -0.0373. The third-order valence-corrected chi connectivity index (χ3v) is 7.38. The van der Waals surface area contributed by atoms with Crippen LogP contribution in [0.15, 0.2) is 35.7 Å². The highest BCUT2D eigenvalue weighted by molar-refractivity contribution is 7.92. The van der Waals surface area contributed by atoms with Crippen LogP contribution < -0.4 is 10.5 Å². The second kappa shape index (κ2) is 9.76. The van der Waals surface area contributed by atoms with E-state index in [1.807, 2.05) is 6.07 Å². The second-order valence-corrected chi connectivity index (χ2v) is 10.2. The molecule has 3 aromatic rings. The average Bonchev–Trinajstić information content (AvgIpc) is 2.97. The normalized spacial score (nSPS) is 14.4. The van der Waals surface area contributed by atoms with Gasteiger partial charge in [0.25, 0.3) is 0 Å². The van der Waals surface area contributed by atoms with E-state index in [1.54, 1.807) is 35.6 Å². The fourth-order valence-corrected chi connectivity index (χ4v) is 5.65. The molecular weight excluding hydrogens is 448 g/mol. The molecule has 0 saturated heterocycles. The summed E-state index contributed by atoms with van der Waals surface area (Å²) in [7, 11) is -3.78. The maximum atomic E-state index is 12.0. The van der Waals surface area contributed by atoms with Crippen LogP contribution in [0.5, 0.6) is 0 Å². The Labute approximate surface area is 190 Å². The first-order valence-corrected chi connectivity index (χ1v) is 12.7. The van der Waals surface area contributed by atoms with Gasteiger partial charge in [-0.1, -0.05) is 36.8 Å². The van der Waals surface area contributed by atoms with Gasteiger partial charge in [0.1, 0.15) is 17.2 Å². The van der Waals surface area contributed by atoms with Crippen LogP contribution in [0, 0.1) is 0 Å². The molecule has 0 spiro atoms. The zero-order valence-corrected chi connectivity index (χ0v) is 19.0. The van der Waals surface area contributed by atoms with Gasteiger partial charge in [0, 0.05) is 10.3 Å². The standard InChI is InChI=1S/C22H24N4O4S2/c23-21-20-16-9-5-2-6-10-17(16)31-22(20)26-18(25-21)14-30-19(27)13-24-32(28,29)12-11-15-7-3-1-4-8-15/h1,3-4,7-8,11-12,24H,2,5-6,9-10,13-14H2,(H2,23,25,26)/b12-11+. The molecule has 0 bridgehead atoms. The van der Waals surface area contributed by atoms with Gasteiger partial charge in [-0.25, -0.2) is 23.1 Å². The number of esters is 1. The van der Waals surface area contributed by atoms with Gasteiger partial charge >= 0.3 is 5.97 Å². The SMILES string of the molecule is Nc1nc(COC(=O)CNS(=O)(=O)/C=C/c2ccccc2)nc2sc3c(c12)CCCCC3. The lowest BCUT2D eigenvalue weighted by atomic mass is 10.1. The lowest BCUT2D eigenvalue weighted by molar-refractivity contribution is -0.143. The van der Waals surface area contributed by atoms with Gasteiger partial charge in [-0.3, -0.25) is 4.79 Å². The molecule has 0 unspecified atom stereocenters. The lowest BCUT2D eigenvalue weighted by Gasteiger charge is -2.07. The van der Waals surface area contributed by atoms with Gasteiger partial charge in [0.2, 0.25) is 10.0 Å². The number of nitrogen functional groups attached to an aromatic ring is 1. The highest BCUT2D eigenvalue weighted by Gasteiger charge is 2.19. The molecule has 32 heavy (non-hydrogen) atoms. The molecule has 0 atom stereocenters. The van der Waals surface area contributed by atoms with Crippen LogP contribution in [0.2, 0.25) is 0 Å². The second-order valence-electron chi connectivity index (χ2n) is 7.51. The summed E-state index contributed by atoms with van der Waals surface area (Å²) in [6.45, 7) is -0.671. The van der Waals surface area contributed by atoms with Crippen LogP contribution in [-0.4, -0.2) is 30.9 Å². The van der Waals surface area contributed by atoms with Crippen LogP contribution in [-0.2, 0) is 39.0 Å². The summed E-state index contributed by atoms with van der Waals surface area (Å²) in [5, 5.41) is 1.92. The monoisotopic (exact) mass is 472 g/mol. The number of ether oxygens (including phenoxy) is 1. The molecule has 3 N–H and O–H groups in total. The number of nitrogens with two attached hydrogens (primary N) is 1. The van der Waals surface area contributed by atoms with Crippen molar-refractivity contribution < 1.29 is 17.9 Å². The number of nitrogens with zero attached hydrogens (tertiary/aromatic N) is 2. The number of benzene rings is 1. The van der Waals surface area contributed by atoms with Crippen LogP contribution in [0.3, 0.4) is 0 Å². The smallest absolute Gasteiger partial charge is 0.321 e. The highest BCUT2D eigenvalue weighted by Crippen LogP contribution is 2.37. The Kier molecular flexibility index (Phi) is 6.83. The Morgan fingerprint density at radius 3 is 2.75 bits per heavy atom. The quantitative estimate of drug-likeness (QED) is 0.400. The Balaban J connectivity index is 1.35. The topological polar surface area (TPSA) is 124 Å². The molecule has 10 heteroatoms. The summed E-state index contributed by atoms with van der Waals surface area (Å²) in [4.78, 5) is 23.0. The van der Waals surface area contributed by atoms with Crippen molar-refractivity contribution in [3.05, 3.63) is 57.6 Å². The first kappa shape index (κ1) is 22.4. The van der Waals surface area contributed by atoms with Crippen molar-refractivity contribution in [1.29, 1.82) is 0 Å². The van der Waals surface area contributed by atoms with E-state index in [1.165, 1.54) is 22.9 Å². The number of fused-ring (bicyclic) bond motifs is 3. The Morgan fingerprint density at radius 2 is 1.94 bits per heavy atom. The van der Waals surface area contributed by atoms with E-state index < -0.39 is 22.5 Å². The van der Waals surface area contributed by atoms with Crippen molar-refractivity contribution in [2.75, 3.05) is 12.3 Å². The van der Waals surface area contributed by atoms with E-state index in [0.717, 1.165) is 46.9 Å². The van der Waals surface area contributed by atoms with Crippen LogP contribution in [0.1, 0.15) is 41.1 Å². The molecular formula is C22H24N4O4S2. The number of hydrogen-bond acceptors (Lipinski definition) is 8. The number of thiophene rings is 1. The zero-order chi connectivity index (χ0) is 22.6. The maximum absolute atomic E-state index is 12.0. The molecule has 1 aromatic carbocycles. The van der Waals surface area contributed by atoms with Crippen LogP contribution in [0.4, 0.5) is 5.82 Å². The van der Waals surface area contributed by atoms with E-state index in [2.05, 4.69) is 14.7 Å². The molecule has 0 saturated carbocycles. The predicted molar refractivity (Wildman–Crippen MR) is 125 cm³/mol. The van der Waals surface area contributed by atoms with Gasteiger partial charge in [-0.2, -0.15) is 0 Å². The highest BCUT2D eigenvalue weighted by atomic mass is 32.2. The number of aromatic nitrogens is 2. The molecule has 0 aliphatic heterocycles. The number of anilines is 1. The lowest BCUT2D eigenvalue weighted by Crippen LogP contribution is -2.29. The minimum atomic E-state index is -3.78. The number of hydrogen-bond donors (Lipinski definition) is 2. The number of nitrogens with one attached hydrogen (secondary N) is 1. The van der Waals surface area contributed by atoms with E-state index in [9.17, 15) is 13.2 Å². The number of carbonyl (C=O) groups is 1.